The average molecular weight is 310 g/mol. The number of nitrogens with one attached hydrogen (secondary N) is 1. The molecule has 4 nitrogen and oxygen atoms in total. The maximum Gasteiger partial charge on any atom is 0.265 e. The van der Waals surface area contributed by atoms with Crippen LogP contribution in [0.3, 0.4) is 0 Å². The van der Waals surface area contributed by atoms with Crippen molar-refractivity contribution in [1.82, 2.24) is 4.98 Å². The minimum absolute atomic E-state index is 0.0474. The predicted octanol–water partition coefficient (Wildman–Crippen LogP) is 3.78. The summed E-state index contributed by atoms with van der Waals surface area (Å²) >= 11 is 0. The van der Waals surface area contributed by atoms with Crippen LogP contribution < -0.4 is 10.1 Å². The summed E-state index contributed by atoms with van der Waals surface area (Å²) in [5.74, 6) is -0.823. The van der Waals surface area contributed by atoms with Crippen LogP contribution in [0.25, 0.3) is 10.9 Å². The summed E-state index contributed by atoms with van der Waals surface area (Å²) in [7, 11) is 0. The summed E-state index contributed by atoms with van der Waals surface area (Å²) in [5.41, 5.74) is 1.29. The molecule has 0 spiro atoms. The summed E-state index contributed by atoms with van der Waals surface area (Å²) in [6.45, 7) is 1.57. The molecule has 2 aromatic carbocycles. The molecule has 0 radical (unpaired) electrons. The van der Waals surface area contributed by atoms with Crippen molar-refractivity contribution in [3.8, 4) is 5.75 Å². The molecule has 3 rings (SSSR count). The highest BCUT2D eigenvalue weighted by molar-refractivity contribution is 6.01. The van der Waals surface area contributed by atoms with Gasteiger partial charge in [-0.15, -0.1) is 0 Å². The van der Waals surface area contributed by atoms with Crippen LogP contribution in [0.1, 0.15) is 6.92 Å². The third-order valence-electron chi connectivity index (χ3n) is 3.40. The topological polar surface area (TPSA) is 51.2 Å². The van der Waals surface area contributed by atoms with Gasteiger partial charge in [0.2, 0.25) is 0 Å². The van der Waals surface area contributed by atoms with E-state index in [-0.39, 0.29) is 11.7 Å². The largest absolute Gasteiger partial charge is 0.478 e. The van der Waals surface area contributed by atoms with Crippen LogP contribution in [0.4, 0.5) is 10.1 Å². The normalized spacial score (nSPS) is 11.9. The minimum atomic E-state index is -0.842. The van der Waals surface area contributed by atoms with Gasteiger partial charge in [-0.25, -0.2) is 4.39 Å². The highest BCUT2D eigenvalue weighted by Gasteiger charge is 2.17. The Balaban J connectivity index is 1.77. The van der Waals surface area contributed by atoms with E-state index in [1.807, 2.05) is 24.3 Å². The molecule has 1 amide bonds. The van der Waals surface area contributed by atoms with E-state index in [0.717, 1.165) is 5.39 Å². The van der Waals surface area contributed by atoms with Crippen LogP contribution in [0.2, 0.25) is 0 Å². The molecule has 0 aliphatic heterocycles. The summed E-state index contributed by atoms with van der Waals surface area (Å²) in [6.07, 6.45) is 0.822. The number of aromatic nitrogens is 1. The Labute approximate surface area is 132 Å². The zero-order chi connectivity index (χ0) is 16.2. The fourth-order valence-corrected chi connectivity index (χ4v) is 2.22. The first-order valence-corrected chi connectivity index (χ1v) is 7.21. The number of pyridine rings is 1. The second kappa shape index (κ2) is 6.44. The van der Waals surface area contributed by atoms with Crippen molar-refractivity contribution >= 4 is 22.5 Å². The Kier molecular flexibility index (Phi) is 4.19. The van der Waals surface area contributed by atoms with Crippen molar-refractivity contribution in [3.63, 3.8) is 0 Å². The zero-order valence-electron chi connectivity index (χ0n) is 12.5. The molecule has 0 bridgehead atoms. The number of hydrogen-bond donors (Lipinski definition) is 1. The van der Waals surface area contributed by atoms with Gasteiger partial charge in [0, 0.05) is 11.6 Å². The van der Waals surface area contributed by atoms with Gasteiger partial charge in [-0.1, -0.05) is 30.3 Å². The molecule has 0 aliphatic carbocycles. The number of rotatable bonds is 4. The van der Waals surface area contributed by atoms with Crippen molar-refractivity contribution in [1.29, 1.82) is 0 Å². The quantitative estimate of drug-likeness (QED) is 0.798. The Morgan fingerprint density at radius 1 is 1.13 bits per heavy atom. The van der Waals surface area contributed by atoms with Gasteiger partial charge in [-0.05, 0) is 31.2 Å². The lowest BCUT2D eigenvalue weighted by Gasteiger charge is -2.15. The van der Waals surface area contributed by atoms with Crippen molar-refractivity contribution in [3.05, 3.63) is 66.6 Å². The van der Waals surface area contributed by atoms with Gasteiger partial charge in [0.25, 0.3) is 5.91 Å². The van der Waals surface area contributed by atoms with E-state index in [2.05, 4.69) is 10.3 Å². The molecular weight excluding hydrogens is 295 g/mol. The molecule has 23 heavy (non-hydrogen) atoms. The lowest BCUT2D eigenvalue weighted by Crippen LogP contribution is -2.30. The highest BCUT2D eigenvalue weighted by Crippen LogP contribution is 2.22. The number of anilines is 1. The Hall–Kier alpha value is -2.95. The number of hydrogen-bond acceptors (Lipinski definition) is 3. The number of nitrogens with zero attached hydrogens (tertiary/aromatic N) is 1. The molecule has 1 unspecified atom stereocenters. The Morgan fingerprint density at radius 3 is 2.74 bits per heavy atom. The molecule has 116 valence electrons. The fraction of sp³-hybridized carbons (Fsp3) is 0.111. The van der Waals surface area contributed by atoms with Crippen LogP contribution in [-0.4, -0.2) is 17.0 Å². The second-order valence-electron chi connectivity index (χ2n) is 5.06. The molecule has 1 N–H and O–H groups in total. The highest BCUT2D eigenvalue weighted by atomic mass is 19.1. The van der Waals surface area contributed by atoms with Gasteiger partial charge in [0.1, 0.15) is 0 Å². The molecule has 0 fully saturated rings. The van der Waals surface area contributed by atoms with Gasteiger partial charge >= 0.3 is 0 Å². The number of benzene rings is 2. The monoisotopic (exact) mass is 310 g/mol. The first-order chi connectivity index (χ1) is 11.1. The third kappa shape index (κ3) is 3.29. The van der Waals surface area contributed by atoms with E-state index in [1.165, 1.54) is 12.1 Å². The van der Waals surface area contributed by atoms with Gasteiger partial charge in [-0.2, -0.15) is 0 Å². The molecule has 1 atom stereocenters. The first-order valence-electron chi connectivity index (χ1n) is 7.21. The minimum Gasteiger partial charge on any atom is -0.478 e. The number of amides is 1. The van der Waals surface area contributed by atoms with Gasteiger partial charge in [-0.3, -0.25) is 9.78 Å². The van der Waals surface area contributed by atoms with Crippen LogP contribution in [-0.2, 0) is 4.79 Å². The summed E-state index contributed by atoms with van der Waals surface area (Å²) in [6, 6.07) is 15.2. The molecule has 0 saturated heterocycles. The van der Waals surface area contributed by atoms with E-state index in [4.69, 9.17) is 4.74 Å². The molecular formula is C18H15FN2O2. The maximum atomic E-state index is 13.6. The maximum absolute atomic E-state index is 13.6. The van der Waals surface area contributed by atoms with E-state index >= 15 is 0 Å². The average Bonchev–Trinajstić information content (AvgIpc) is 2.57. The van der Waals surface area contributed by atoms with E-state index in [1.54, 1.807) is 31.3 Å². The molecule has 1 aromatic heterocycles. The van der Waals surface area contributed by atoms with Gasteiger partial charge in [0.15, 0.2) is 17.7 Å². The Morgan fingerprint density at radius 2 is 1.91 bits per heavy atom. The standard InChI is InChI=1S/C18H15FN2O2/c1-12(23-16-10-3-2-8-14(16)19)18(22)21-15-9-4-6-13-7-5-11-20-17(13)15/h2-12H,1H3,(H,21,22). The molecule has 0 aliphatic rings. The predicted molar refractivity (Wildman–Crippen MR) is 86.9 cm³/mol. The van der Waals surface area contributed by atoms with E-state index < -0.39 is 11.9 Å². The van der Waals surface area contributed by atoms with Crippen LogP contribution in [0.15, 0.2) is 60.8 Å². The lowest BCUT2D eigenvalue weighted by molar-refractivity contribution is -0.122. The summed E-state index contributed by atoms with van der Waals surface area (Å²) in [4.78, 5) is 16.6. The fourth-order valence-electron chi connectivity index (χ4n) is 2.22. The van der Waals surface area contributed by atoms with Crippen molar-refractivity contribution < 1.29 is 13.9 Å². The van der Waals surface area contributed by atoms with Crippen molar-refractivity contribution in [2.24, 2.45) is 0 Å². The number of fused-ring (bicyclic) bond motifs is 1. The van der Waals surface area contributed by atoms with Crippen LogP contribution in [0, 0.1) is 5.82 Å². The molecule has 5 heteroatoms. The van der Waals surface area contributed by atoms with Crippen molar-refractivity contribution in [2.45, 2.75) is 13.0 Å². The molecule has 1 heterocycles. The van der Waals surface area contributed by atoms with Crippen LogP contribution >= 0.6 is 0 Å². The number of halogens is 1. The van der Waals surface area contributed by atoms with Crippen LogP contribution in [0.5, 0.6) is 5.75 Å². The van der Waals surface area contributed by atoms with Gasteiger partial charge < -0.3 is 10.1 Å². The number of carbonyl (C=O) groups is 1. The second-order valence-corrected chi connectivity index (χ2v) is 5.06. The summed E-state index contributed by atoms with van der Waals surface area (Å²) < 4.78 is 19.0. The molecule has 0 saturated carbocycles. The van der Waals surface area contributed by atoms with Gasteiger partial charge in [0.05, 0.1) is 11.2 Å². The van der Waals surface area contributed by atoms with Crippen molar-refractivity contribution in [2.75, 3.05) is 5.32 Å². The number of carbonyl (C=O) groups excluding carboxylic acids is 1. The Bertz CT molecular complexity index is 846. The smallest absolute Gasteiger partial charge is 0.265 e. The molecule has 3 aromatic rings. The number of para-hydroxylation sites is 2. The zero-order valence-corrected chi connectivity index (χ0v) is 12.5. The number of ether oxygens (including phenoxy) is 1. The third-order valence-corrected chi connectivity index (χ3v) is 3.40. The van der Waals surface area contributed by atoms with E-state index in [9.17, 15) is 9.18 Å². The lowest BCUT2D eigenvalue weighted by atomic mass is 10.2. The summed E-state index contributed by atoms with van der Waals surface area (Å²) in [5, 5.41) is 3.70. The first kappa shape index (κ1) is 15.0. The van der Waals surface area contributed by atoms with E-state index in [0.29, 0.717) is 11.2 Å². The SMILES string of the molecule is CC(Oc1ccccc1F)C(=O)Nc1cccc2cccnc12.